The number of aryl methyl sites for hydroxylation is 3. The number of ether oxygens (including phenoxy) is 2. The number of methoxy groups -OCH3 is 1. The maximum absolute atomic E-state index is 13.3. The first kappa shape index (κ1) is 23.7. The van der Waals surface area contributed by atoms with Crippen LogP contribution in [0.25, 0.3) is 10.8 Å². The molecule has 1 aliphatic heterocycles. The smallest absolute Gasteiger partial charge is 0.282 e. The third-order valence-corrected chi connectivity index (χ3v) is 7.72. The van der Waals surface area contributed by atoms with E-state index in [4.69, 9.17) is 9.47 Å². The van der Waals surface area contributed by atoms with Crippen LogP contribution in [0.5, 0.6) is 11.5 Å². The number of amides is 2. The van der Waals surface area contributed by atoms with Crippen molar-refractivity contribution in [2.75, 3.05) is 7.11 Å². The minimum atomic E-state index is -0.413. The summed E-state index contributed by atoms with van der Waals surface area (Å²) in [6, 6.07) is 19.5. The van der Waals surface area contributed by atoms with E-state index in [0.29, 0.717) is 34.8 Å². The van der Waals surface area contributed by atoms with Gasteiger partial charge in [0, 0.05) is 5.39 Å². The van der Waals surface area contributed by atoms with Crippen LogP contribution in [0.3, 0.4) is 0 Å². The van der Waals surface area contributed by atoms with Gasteiger partial charge < -0.3 is 9.47 Å². The van der Waals surface area contributed by atoms with Crippen LogP contribution in [0, 0.1) is 10.5 Å². The van der Waals surface area contributed by atoms with Crippen LogP contribution in [0.4, 0.5) is 0 Å². The molecule has 0 spiro atoms. The van der Waals surface area contributed by atoms with Gasteiger partial charge in [-0.1, -0.05) is 42.0 Å². The van der Waals surface area contributed by atoms with Crippen LogP contribution in [0.1, 0.15) is 48.5 Å². The van der Waals surface area contributed by atoms with Crippen molar-refractivity contribution >= 4 is 51.4 Å². The Labute approximate surface area is 228 Å². The molecule has 2 amide bonds. The Morgan fingerprint density at radius 2 is 1.57 bits per heavy atom. The molecule has 0 N–H and O–H groups in total. The second-order valence-electron chi connectivity index (χ2n) is 9.27. The maximum Gasteiger partial charge on any atom is 0.282 e. The first-order valence-corrected chi connectivity index (χ1v) is 13.1. The van der Waals surface area contributed by atoms with Gasteiger partial charge in [-0.05, 0) is 94.3 Å². The number of carbonyl (C=O) groups excluding carboxylic acids is 2. The Bertz CT molecular complexity index is 1570. The third-order valence-electron chi connectivity index (χ3n) is 6.92. The number of hydrogen-bond acceptors (Lipinski definition) is 5. The van der Waals surface area contributed by atoms with Crippen LogP contribution in [-0.4, -0.2) is 30.1 Å². The Kier molecular flexibility index (Phi) is 5.95. The van der Waals surface area contributed by atoms with Gasteiger partial charge in [0.25, 0.3) is 11.8 Å². The topological polar surface area (TPSA) is 68.2 Å². The fourth-order valence-electron chi connectivity index (χ4n) is 5.03. The minimum absolute atomic E-state index is 0.408. The van der Waals surface area contributed by atoms with Gasteiger partial charge in [0.05, 0.1) is 28.0 Å². The molecule has 4 aromatic carbocycles. The van der Waals surface area contributed by atoms with Crippen LogP contribution >= 0.6 is 22.6 Å². The van der Waals surface area contributed by atoms with Gasteiger partial charge in [-0.15, -0.1) is 0 Å². The van der Waals surface area contributed by atoms with Gasteiger partial charge in [0.2, 0.25) is 0 Å². The zero-order chi connectivity index (χ0) is 25.7. The molecule has 0 bridgehead atoms. The van der Waals surface area contributed by atoms with Gasteiger partial charge in [0.15, 0.2) is 11.5 Å². The number of hydrogen-bond donors (Lipinski definition) is 0. The Morgan fingerprint density at radius 3 is 2.19 bits per heavy atom. The molecule has 4 aromatic rings. The van der Waals surface area contributed by atoms with Crippen molar-refractivity contribution in [1.82, 2.24) is 5.01 Å². The first-order chi connectivity index (χ1) is 17.9. The summed E-state index contributed by atoms with van der Waals surface area (Å²) in [6.07, 6.45) is 3.38. The molecule has 2 aliphatic rings. The van der Waals surface area contributed by atoms with Gasteiger partial charge >= 0.3 is 0 Å². The summed E-state index contributed by atoms with van der Waals surface area (Å²) >= 11 is 2.19. The summed E-state index contributed by atoms with van der Waals surface area (Å²) in [4.78, 5) is 26.6. The number of halogens is 1. The number of nitrogens with zero attached hydrogens (tertiary/aromatic N) is 2. The van der Waals surface area contributed by atoms with Crippen molar-refractivity contribution in [3.05, 3.63) is 103 Å². The van der Waals surface area contributed by atoms with E-state index in [-0.39, 0.29) is 0 Å². The normalized spacial score (nSPS) is 14.2. The maximum atomic E-state index is 13.3. The molecule has 0 radical (unpaired) electrons. The van der Waals surface area contributed by atoms with E-state index in [1.165, 1.54) is 22.9 Å². The lowest BCUT2D eigenvalue weighted by Crippen LogP contribution is -2.36. The standard InChI is InChI=1S/C30H23IN2O4/c1-17-3-5-18(6-4-17)16-37-28-24(31)13-19(14-25(28)36-2)15-32-33-29(34)22-11-9-20-7-8-21-10-12-23(30(33)35)27(22)26(20)21/h3-6,9-15H,7-8,16H2,1-2H3. The Hall–Kier alpha value is -3.72. The van der Waals surface area contributed by atoms with E-state index in [1.54, 1.807) is 13.2 Å². The van der Waals surface area contributed by atoms with Gasteiger partial charge in [0.1, 0.15) is 6.61 Å². The van der Waals surface area contributed by atoms with E-state index in [2.05, 4.69) is 27.7 Å². The minimum Gasteiger partial charge on any atom is -0.493 e. The highest BCUT2D eigenvalue weighted by Gasteiger charge is 2.35. The van der Waals surface area contributed by atoms with E-state index >= 15 is 0 Å². The van der Waals surface area contributed by atoms with Gasteiger partial charge in [-0.3, -0.25) is 9.59 Å². The van der Waals surface area contributed by atoms with Crippen molar-refractivity contribution in [3.63, 3.8) is 0 Å². The predicted molar refractivity (Wildman–Crippen MR) is 151 cm³/mol. The van der Waals surface area contributed by atoms with Crippen LogP contribution in [-0.2, 0) is 19.4 Å². The summed E-state index contributed by atoms with van der Waals surface area (Å²) in [5.41, 5.74) is 6.35. The first-order valence-electron chi connectivity index (χ1n) is 12.0. The van der Waals surface area contributed by atoms with Crippen molar-refractivity contribution in [3.8, 4) is 11.5 Å². The molecule has 1 aliphatic carbocycles. The SMILES string of the molecule is COc1cc(C=NN2C(=O)c3ccc4c5c(ccc(c35)C2=O)CC4)cc(I)c1OCc1ccc(C)cc1. The summed E-state index contributed by atoms with van der Waals surface area (Å²) in [5, 5.41) is 7.09. The van der Waals surface area contributed by atoms with E-state index in [0.717, 1.165) is 37.8 Å². The van der Waals surface area contributed by atoms with Crippen molar-refractivity contribution in [2.45, 2.75) is 26.4 Å². The summed E-state index contributed by atoms with van der Waals surface area (Å²) < 4.78 is 12.5. The van der Waals surface area contributed by atoms with Crippen molar-refractivity contribution in [1.29, 1.82) is 0 Å². The molecule has 1 heterocycles. The van der Waals surface area contributed by atoms with E-state index in [9.17, 15) is 9.59 Å². The highest BCUT2D eigenvalue weighted by atomic mass is 127. The number of rotatable bonds is 6. The lowest BCUT2D eigenvalue weighted by Gasteiger charge is -2.23. The summed E-state index contributed by atoms with van der Waals surface area (Å²) in [7, 11) is 1.58. The summed E-state index contributed by atoms with van der Waals surface area (Å²) in [5.74, 6) is 0.349. The average molecular weight is 602 g/mol. The molecule has 0 fully saturated rings. The highest BCUT2D eigenvalue weighted by Crippen LogP contribution is 2.38. The molecule has 7 heteroatoms. The fourth-order valence-corrected chi connectivity index (χ4v) is 5.81. The second kappa shape index (κ2) is 9.30. The molecule has 0 aromatic heterocycles. The number of hydrazone groups is 1. The zero-order valence-electron chi connectivity index (χ0n) is 20.4. The Balaban J connectivity index is 1.28. The second-order valence-corrected chi connectivity index (χ2v) is 10.4. The third kappa shape index (κ3) is 4.07. The molecule has 0 saturated carbocycles. The summed E-state index contributed by atoms with van der Waals surface area (Å²) in [6.45, 7) is 2.46. The van der Waals surface area contributed by atoms with Crippen LogP contribution in [0.2, 0.25) is 0 Å². The largest absolute Gasteiger partial charge is 0.493 e. The molecule has 0 unspecified atom stereocenters. The monoisotopic (exact) mass is 602 g/mol. The lowest BCUT2D eigenvalue weighted by atomic mass is 9.92. The molecule has 0 atom stereocenters. The van der Waals surface area contributed by atoms with E-state index in [1.807, 2.05) is 61.5 Å². The van der Waals surface area contributed by atoms with Crippen LogP contribution in [0.15, 0.2) is 65.8 Å². The van der Waals surface area contributed by atoms with Crippen molar-refractivity contribution in [2.24, 2.45) is 5.10 Å². The van der Waals surface area contributed by atoms with Gasteiger partial charge in [-0.25, -0.2) is 0 Å². The lowest BCUT2D eigenvalue weighted by molar-refractivity contribution is 0.0616. The molecular formula is C30H23IN2O4. The Morgan fingerprint density at radius 1 is 0.919 bits per heavy atom. The van der Waals surface area contributed by atoms with Gasteiger partial charge in [-0.2, -0.15) is 10.1 Å². The molecule has 184 valence electrons. The molecular weight excluding hydrogens is 579 g/mol. The number of imide groups is 1. The fraction of sp³-hybridized carbons (Fsp3) is 0.167. The quantitative estimate of drug-likeness (QED) is 0.153. The highest BCUT2D eigenvalue weighted by molar-refractivity contribution is 14.1. The average Bonchev–Trinajstić information content (AvgIpc) is 3.33. The molecule has 0 saturated heterocycles. The molecule has 6 rings (SSSR count). The molecule has 37 heavy (non-hydrogen) atoms. The van der Waals surface area contributed by atoms with E-state index < -0.39 is 11.8 Å². The number of carbonyl (C=O) groups is 2. The van der Waals surface area contributed by atoms with Crippen LogP contribution < -0.4 is 9.47 Å². The number of benzene rings is 4. The van der Waals surface area contributed by atoms with Crippen molar-refractivity contribution < 1.29 is 19.1 Å². The molecule has 6 nitrogen and oxygen atoms in total. The predicted octanol–water partition coefficient (Wildman–Crippen LogP) is 6.07. The zero-order valence-corrected chi connectivity index (χ0v) is 22.5.